The van der Waals surface area contributed by atoms with E-state index >= 15 is 0 Å². The number of benzene rings is 1. The van der Waals surface area contributed by atoms with E-state index < -0.39 is 23.4 Å². The smallest absolute Gasteiger partial charge is 0.416 e. The largest absolute Gasteiger partial charge is 0.507 e. The van der Waals surface area contributed by atoms with Crippen LogP contribution in [0.15, 0.2) is 12.1 Å². The number of aromatic nitrogens is 2. The zero-order chi connectivity index (χ0) is 31.6. The number of carbonyl (C=O) groups excluding carboxylic acids is 1. The molecule has 41 heavy (non-hydrogen) atoms. The molecule has 0 saturated carbocycles. The fraction of sp³-hybridized carbons (Fsp3) is 0.586. The number of nitrogens with zero attached hydrogens (tertiary/aromatic N) is 2. The molecular weight excluding hydrogens is 541 g/mol. The summed E-state index contributed by atoms with van der Waals surface area (Å²) in [5.74, 6) is -1.07. The summed E-state index contributed by atoms with van der Waals surface area (Å²) in [4.78, 5) is 20.9. The molecule has 1 unspecified atom stereocenters. The van der Waals surface area contributed by atoms with Crippen molar-refractivity contribution in [3.63, 3.8) is 0 Å². The third-order valence-electron chi connectivity index (χ3n) is 6.05. The number of aromatic hydroxyl groups is 1. The predicted octanol–water partition coefficient (Wildman–Crippen LogP) is 6.95. The average Bonchev–Trinajstić information content (AvgIpc) is 3.03. The number of phenols is 1. The molecule has 0 spiro atoms. The van der Waals surface area contributed by atoms with E-state index in [1.807, 2.05) is 34.6 Å². The molecule has 1 amide bonds. The van der Waals surface area contributed by atoms with Gasteiger partial charge in [-0.05, 0) is 48.9 Å². The van der Waals surface area contributed by atoms with Gasteiger partial charge in [-0.1, -0.05) is 60.8 Å². The topological polar surface area (TPSA) is 148 Å². The van der Waals surface area contributed by atoms with Gasteiger partial charge in [-0.25, -0.2) is 0 Å². The highest BCUT2D eigenvalue weighted by Crippen LogP contribution is 2.41. The van der Waals surface area contributed by atoms with Gasteiger partial charge >= 0.3 is 6.18 Å². The minimum Gasteiger partial charge on any atom is -0.507 e. The molecule has 1 aliphatic rings. The minimum absolute atomic E-state index is 0.0618. The van der Waals surface area contributed by atoms with Crippen LogP contribution in [-0.2, 0) is 28.7 Å². The summed E-state index contributed by atoms with van der Waals surface area (Å²) in [5, 5.41) is 29.3. The summed E-state index contributed by atoms with van der Waals surface area (Å²) in [6, 6.07) is 1.65. The van der Waals surface area contributed by atoms with Gasteiger partial charge < -0.3 is 26.0 Å². The molecular formula is C29H45F3N4O5. The molecule has 0 saturated heterocycles. The van der Waals surface area contributed by atoms with Gasteiger partial charge in [0.15, 0.2) is 5.82 Å². The number of carbonyl (C=O) groups is 2. The zero-order valence-electron chi connectivity index (χ0n) is 24.9. The van der Waals surface area contributed by atoms with Gasteiger partial charge in [0, 0.05) is 18.2 Å². The lowest BCUT2D eigenvalue weighted by Gasteiger charge is -2.22. The van der Waals surface area contributed by atoms with Crippen LogP contribution >= 0.6 is 0 Å². The summed E-state index contributed by atoms with van der Waals surface area (Å²) in [5.41, 5.74) is 5.68. The Hall–Kier alpha value is -3.41. The number of halogens is 3. The first-order valence-electron chi connectivity index (χ1n) is 14.1. The number of fused-ring (bicyclic) bond motifs is 3. The number of unbranched alkanes of at least 4 members (excludes halogenated alkanes) is 2. The van der Waals surface area contributed by atoms with Crippen LogP contribution in [0.5, 0.6) is 5.75 Å². The van der Waals surface area contributed by atoms with E-state index in [9.17, 15) is 23.1 Å². The maximum Gasteiger partial charge on any atom is 0.416 e. The normalized spacial score (nSPS) is 12.9. The number of anilines is 1. The molecule has 9 nitrogen and oxygen atoms in total. The van der Waals surface area contributed by atoms with E-state index in [0.29, 0.717) is 24.5 Å². The summed E-state index contributed by atoms with van der Waals surface area (Å²) < 4.78 is 45.6. The SMILES string of the molecule is CC.CC.CCCCCC(CC)Nc1nnc2c(c1C(N)=O)CCCOCc1cc(C(F)(F)F)cc(O)c1-2.O=CO. The van der Waals surface area contributed by atoms with E-state index in [0.717, 1.165) is 38.2 Å². The molecule has 0 bridgehead atoms. The van der Waals surface area contributed by atoms with Crippen molar-refractivity contribution >= 4 is 18.2 Å². The van der Waals surface area contributed by atoms with Crippen molar-refractivity contribution in [3.05, 3.63) is 34.4 Å². The zero-order valence-corrected chi connectivity index (χ0v) is 24.9. The fourth-order valence-electron chi connectivity index (χ4n) is 4.26. The maximum atomic E-state index is 13.3. The number of amides is 1. The number of ether oxygens (including phenoxy) is 1. The van der Waals surface area contributed by atoms with Crippen LogP contribution in [-0.4, -0.2) is 45.4 Å². The number of phenolic OH excluding ortho intramolecular Hbond substituents is 1. The number of rotatable bonds is 8. The minimum atomic E-state index is -4.64. The van der Waals surface area contributed by atoms with Crippen molar-refractivity contribution in [2.75, 3.05) is 11.9 Å². The van der Waals surface area contributed by atoms with Crippen LogP contribution in [0.4, 0.5) is 19.0 Å². The highest BCUT2D eigenvalue weighted by Gasteiger charge is 2.34. The van der Waals surface area contributed by atoms with Gasteiger partial charge in [0.1, 0.15) is 11.4 Å². The Morgan fingerprint density at radius 2 is 1.80 bits per heavy atom. The second-order valence-corrected chi connectivity index (χ2v) is 8.65. The Morgan fingerprint density at radius 1 is 1.17 bits per heavy atom. The van der Waals surface area contributed by atoms with Crippen LogP contribution in [0, 0.1) is 0 Å². The van der Waals surface area contributed by atoms with Crippen LogP contribution in [0.1, 0.15) is 107 Å². The first kappa shape index (κ1) is 37.6. The van der Waals surface area contributed by atoms with Crippen molar-refractivity contribution in [1.82, 2.24) is 10.2 Å². The van der Waals surface area contributed by atoms with E-state index in [1.54, 1.807) is 0 Å². The van der Waals surface area contributed by atoms with Crippen LogP contribution < -0.4 is 11.1 Å². The van der Waals surface area contributed by atoms with Crippen molar-refractivity contribution < 1.29 is 37.7 Å². The number of nitrogens with one attached hydrogen (secondary N) is 1. The third kappa shape index (κ3) is 11.2. The molecule has 0 fully saturated rings. The van der Waals surface area contributed by atoms with Crippen molar-refractivity contribution in [3.8, 4) is 17.0 Å². The van der Waals surface area contributed by atoms with Gasteiger partial charge in [-0.2, -0.15) is 13.2 Å². The van der Waals surface area contributed by atoms with E-state index in [2.05, 4.69) is 22.4 Å². The summed E-state index contributed by atoms with van der Waals surface area (Å²) in [6.45, 7) is 12.0. The molecule has 1 aliphatic heterocycles. The average molecular weight is 587 g/mol. The number of primary amides is 1. The second kappa shape index (κ2) is 19.6. The maximum absolute atomic E-state index is 13.3. The van der Waals surface area contributed by atoms with Gasteiger partial charge in [-0.3, -0.25) is 9.59 Å². The molecule has 1 atom stereocenters. The van der Waals surface area contributed by atoms with Gasteiger partial charge in [-0.15, -0.1) is 10.2 Å². The standard InChI is InChI=1S/C24H31F3N4O3.2C2H6.CH2O2/c1-3-5-6-8-16(4-2)29-23-20(22(28)33)17-9-7-10-34-13-14-11-15(24(25,26)27)12-18(32)19(14)21(17)30-31-23;2*1-2;2-1-3/h11-12,16,32H,3-10,13H2,1-2H3,(H2,28,33)(H,29,31);2*1-2H3;1H,(H,2,3). The first-order valence-corrected chi connectivity index (χ1v) is 14.1. The summed E-state index contributed by atoms with van der Waals surface area (Å²) in [7, 11) is 0. The molecule has 2 heterocycles. The summed E-state index contributed by atoms with van der Waals surface area (Å²) in [6.07, 6.45) is 1.08. The highest BCUT2D eigenvalue weighted by atomic mass is 19.4. The Balaban J connectivity index is 0.00000210. The van der Waals surface area contributed by atoms with Gasteiger partial charge in [0.25, 0.3) is 12.4 Å². The number of carboxylic acid groups (broad SMARTS) is 1. The lowest BCUT2D eigenvalue weighted by molar-refractivity contribution is -0.137. The molecule has 0 radical (unpaired) electrons. The fourth-order valence-corrected chi connectivity index (χ4v) is 4.26. The lowest BCUT2D eigenvalue weighted by Crippen LogP contribution is -2.25. The Labute approximate surface area is 240 Å². The van der Waals surface area contributed by atoms with Crippen molar-refractivity contribution in [1.29, 1.82) is 0 Å². The van der Waals surface area contributed by atoms with Crippen molar-refractivity contribution in [2.24, 2.45) is 5.73 Å². The number of alkyl halides is 3. The third-order valence-corrected chi connectivity index (χ3v) is 6.05. The molecule has 0 aliphatic carbocycles. The van der Waals surface area contributed by atoms with E-state index in [1.165, 1.54) is 0 Å². The lowest BCUT2D eigenvalue weighted by atomic mass is 9.93. The molecule has 1 aromatic heterocycles. The number of hydrogen-bond donors (Lipinski definition) is 4. The Morgan fingerprint density at radius 3 is 2.34 bits per heavy atom. The quantitative estimate of drug-likeness (QED) is 0.192. The molecule has 1 aromatic carbocycles. The van der Waals surface area contributed by atoms with E-state index in [4.69, 9.17) is 20.4 Å². The number of hydrogen-bond acceptors (Lipinski definition) is 7. The van der Waals surface area contributed by atoms with Crippen molar-refractivity contribution in [2.45, 2.75) is 105 Å². The molecule has 232 valence electrons. The van der Waals surface area contributed by atoms with Crippen LogP contribution in [0.3, 0.4) is 0 Å². The second-order valence-electron chi connectivity index (χ2n) is 8.65. The highest BCUT2D eigenvalue weighted by molar-refractivity contribution is 6.01. The molecule has 3 rings (SSSR count). The van der Waals surface area contributed by atoms with Gasteiger partial charge in [0.2, 0.25) is 0 Å². The van der Waals surface area contributed by atoms with Crippen LogP contribution in [0.2, 0.25) is 0 Å². The molecule has 5 N–H and O–H groups in total. The molecule has 2 aromatic rings. The molecule has 12 heteroatoms. The monoisotopic (exact) mass is 586 g/mol. The van der Waals surface area contributed by atoms with E-state index in [-0.39, 0.29) is 53.9 Å². The Kier molecular flexibility index (Phi) is 18.0. The van der Waals surface area contributed by atoms with Gasteiger partial charge in [0.05, 0.1) is 17.7 Å². The summed E-state index contributed by atoms with van der Waals surface area (Å²) >= 11 is 0. The number of nitrogens with two attached hydrogens (primary N) is 1. The Bertz CT molecular complexity index is 1080. The predicted molar refractivity (Wildman–Crippen MR) is 154 cm³/mol. The van der Waals surface area contributed by atoms with Crippen LogP contribution in [0.25, 0.3) is 11.3 Å². The first-order chi connectivity index (χ1) is 19.6.